The van der Waals surface area contributed by atoms with E-state index in [9.17, 15) is 9.59 Å². The average molecular weight is 355 g/mol. The molecule has 1 aromatic carbocycles. The highest BCUT2D eigenvalue weighted by Gasteiger charge is 2.22. The van der Waals surface area contributed by atoms with Gasteiger partial charge in [-0.1, -0.05) is 6.07 Å². The van der Waals surface area contributed by atoms with Gasteiger partial charge >= 0.3 is 11.7 Å². The van der Waals surface area contributed by atoms with E-state index in [1.807, 2.05) is 26.0 Å². The predicted molar refractivity (Wildman–Crippen MR) is 97.9 cm³/mol. The first-order chi connectivity index (χ1) is 12.3. The van der Waals surface area contributed by atoms with E-state index in [4.69, 9.17) is 4.74 Å². The van der Waals surface area contributed by atoms with Crippen LogP contribution in [-0.2, 0) is 9.53 Å². The van der Waals surface area contributed by atoms with Gasteiger partial charge in [-0.25, -0.2) is 14.0 Å². The number of anilines is 2. The van der Waals surface area contributed by atoms with Crippen LogP contribution in [0.1, 0.15) is 29.8 Å². The summed E-state index contributed by atoms with van der Waals surface area (Å²) in [6.45, 7) is 7.40. The maximum Gasteiger partial charge on any atom is 0.352 e. The summed E-state index contributed by atoms with van der Waals surface area (Å²) < 4.78 is 7.14. The molecule has 0 aliphatic heterocycles. The van der Waals surface area contributed by atoms with E-state index in [0.29, 0.717) is 11.5 Å². The van der Waals surface area contributed by atoms with Crippen molar-refractivity contribution in [3.8, 4) is 0 Å². The van der Waals surface area contributed by atoms with Crippen molar-refractivity contribution in [3.05, 3.63) is 51.6 Å². The Kier molecular flexibility index (Phi) is 4.50. The molecule has 3 rings (SSSR count). The van der Waals surface area contributed by atoms with E-state index >= 15 is 0 Å². The molecule has 1 N–H and O–H groups in total. The molecule has 2 heterocycles. The van der Waals surface area contributed by atoms with Crippen LogP contribution < -0.4 is 11.0 Å². The number of aromatic nitrogens is 4. The summed E-state index contributed by atoms with van der Waals surface area (Å²) in [6.07, 6.45) is 0. The first-order valence-corrected chi connectivity index (χ1v) is 8.22. The number of nitrogens with zero attached hydrogens (tertiary/aromatic N) is 4. The van der Waals surface area contributed by atoms with Crippen molar-refractivity contribution in [3.63, 3.8) is 0 Å². The molecule has 136 valence electrons. The zero-order valence-corrected chi connectivity index (χ0v) is 15.4. The fourth-order valence-electron chi connectivity index (χ4n) is 2.94. The number of aryl methyl sites for hydroxylation is 3. The molecule has 0 unspecified atom stereocenters. The maximum atomic E-state index is 12.6. The third kappa shape index (κ3) is 3.17. The fraction of sp³-hybridized carbons (Fsp3) is 0.333. The summed E-state index contributed by atoms with van der Waals surface area (Å²) >= 11 is 0. The number of benzene rings is 1. The first kappa shape index (κ1) is 17.7. The van der Waals surface area contributed by atoms with Crippen molar-refractivity contribution in [2.75, 3.05) is 12.4 Å². The van der Waals surface area contributed by atoms with E-state index in [1.165, 1.54) is 11.5 Å². The van der Waals surface area contributed by atoms with Crippen LogP contribution in [0.4, 0.5) is 11.5 Å². The van der Waals surface area contributed by atoms with Gasteiger partial charge in [-0.2, -0.15) is 9.67 Å². The van der Waals surface area contributed by atoms with Crippen molar-refractivity contribution in [1.29, 1.82) is 0 Å². The molecule has 0 saturated carbocycles. The molecule has 0 radical (unpaired) electrons. The van der Waals surface area contributed by atoms with Gasteiger partial charge in [0, 0.05) is 17.4 Å². The number of nitrogens with one attached hydrogen (secondary N) is 1. The lowest BCUT2D eigenvalue weighted by Crippen LogP contribution is -2.29. The largest absolute Gasteiger partial charge is 0.467 e. The molecule has 0 spiro atoms. The maximum absolute atomic E-state index is 12.6. The average Bonchev–Trinajstić information content (AvgIpc) is 2.89. The van der Waals surface area contributed by atoms with Gasteiger partial charge in [0.25, 0.3) is 5.78 Å². The van der Waals surface area contributed by atoms with Crippen LogP contribution in [0.25, 0.3) is 5.78 Å². The van der Waals surface area contributed by atoms with Gasteiger partial charge in [0.1, 0.15) is 5.82 Å². The van der Waals surface area contributed by atoms with Crippen molar-refractivity contribution in [2.45, 2.75) is 33.7 Å². The lowest BCUT2D eigenvalue weighted by molar-refractivity contribution is -0.144. The number of ether oxygens (including phenoxy) is 1. The van der Waals surface area contributed by atoms with Gasteiger partial charge in [-0.15, -0.1) is 5.10 Å². The summed E-state index contributed by atoms with van der Waals surface area (Å²) in [7, 11) is 1.27. The standard InChI is InChI=1S/C18H21N5O3/c1-10-6-11(2)8-14(7-10)19-15-9-12(3)22-17(20-15)21-23(18(22)25)13(4)16(24)26-5/h6-9,13H,1-5H3,(H,19,20,21)/t13-/m1/s1. The van der Waals surface area contributed by atoms with Gasteiger partial charge in [0.15, 0.2) is 6.04 Å². The molecule has 1 atom stereocenters. The van der Waals surface area contributed by atoms with Crippen LogP contribution in [0.15, 0.2) is 29.1 Å². The molecule has 0 aliphatic rings. The zero-order chi connectivity index (χ0) is 19.0. The summed E-state index contributed by atoms with van der Waals surface area (Å²) in [5.41, 5.74) is 3.41. The van der Waals surface area contributed by atoms with E-state index in [0.717, 1.165) is 21.5 Å². The number of esters is 1. The summed E-state index contributed by atoms with van der Waals surface area (Å²) in [6, 6.07) is 7.05. The summed E-state index contributed by atoms with van der Waals surface area (Å²) in [5, 5.41) is 7.44. The molecule has 3 aromatic rings. The van der Waals surface area contributed by atoms with E-state index in [-0.39, 0.29) is 5.78 Å². The topological polar surface area (TPSA) is 90.5 Å². The van der Waals surface area contributed by atoms with Crippen molar-refractivity contribution in [1.82, 2.24) is 19.2 Å². The van der Waals surface area contributed by atoms with Gasteiger partial charge in [-0.05, 0) is 51.0 Å². The molecule has 8 heteroatoms. The molecule has 0 aliphatic carbocycles. The number of fused-ring (bicyclic) bond motifs is 1. The van der Waals surface area contributed by atoms with Crippen LogP contribution in [0, 0.1) is 20.8 Å². The van der Waals surface area contributed by atoms with Crippen LogP contribution in [0.2, 0.25) is 0 Å². The summed E-state index contributed by atoms with van der Waals surface area (Å²) in [5.74, 6) is 0.252. The van der Waals surface area contributed by atoms with Crippen LogP contribution in [-0.4, -0.2) is 32.2 Å². The third-order valence-electron chi connectivity index (χ3n) is 4.11. The van der Waals surface area contributed by atoms with Crippen molar-refractivity contribution >= 4 is 23.3 Å². The molecule has 0 bridgehead atoms. The van der Waals surface area contributed by atoms with Gasteiger partial charge in [0.2, 0.25) is 0 Å². The minimum atomic E-state index is -0.829. The Bertz CT molecular complexity index is 1030. The second kappa shape index (κ2) is 6.62. The SMILES string of the molecule is COC(=O)[C@@H](C)n1nc2nc(Nc3cc(C)cc(C)c3)cc(C)n2c1=O. The molecule has 0 amide bonds. The molecule has 26 heavy (non-hydrogen) atoms. The van der Waals surface area contributed by atoms with Crippen LogP contribution >= 0.6 is 0 Å². The highest BCUT2D eigenvalue weighted by atomic mass is 16.5. The Balaban J connectivity index is 2.05. The van der Waals surface area contributed by atoms with E-state index in [1.54, 1.807) is 19.9 Å². The monoisotopic (exact) mass is 355 g/mol. The summed E-state index contributed by atoms with van der Waals surface area (Å²) in [4.78, 5) is 28.7. The highest BCUT2D eigenvalue weighted by molar-refractivity contribution is 5.73. The minimum absolute atomic E-state index is 0.220. The third-order valence-corrected chi connectivity index (χ3v) is 4.11. The number of rotatable bonds is 4. The predicted octanol–water partition coefficient (Wildman–Crippen LogP) is 2.29. The second-order valence-corrected chi connectivity index (χ2v) is 6.35. The Hall–Kier alpha value is -3.16. The fourth-order valence-corrected chi connectivity index (χ4v) is 2.94. The zero-order valence-electron chi connectivity index (χ0n) is 15.4. The lowest BCUT2D eigenvalue weighted by atomic mass is 10.1. The Morgan fingerprint density at radius 1 is 1.15 bits per heavy atom. The molecule has 2 aromatic heterocycles. The van der Waals surface area contributed by atoms with E-state index in [2.05, 4.69) is 21.5 Å². The van der Waals surface area contributed by atoms with Crippen LogP contribution in [0.3, 0.4) is 0 Å². The van der Waals surface area contributed by atoms with Gasteiger partial charge in [-0.3, -0.25) is 0 Å². The van der Waals surface area contributed by atoms with Gasteiger partial charge < -0.3 is 10.1 Å². The second-order valence-electron chi connectivity index (χ2n) is 6.35. The number of hydrogen-bond donors (Lipinski definition) is 1. The number of carbonyl (C=O) groups is 1. The smallest absolute Gasteiger partial charge is 0.352 e. The number of hydrogen-bond acceptors (Lipinski definition) is 6. The molecular formula is C18H21N5O3. The van der Waals surface area contributed by atoms with Crippen molar-refractivity contribution < 1.29 is 9.53 Å². The normalized spacial score (nSPS) is 12.2. The lowest BCUT2D eigenvalue weighted by Gasteiger charge is -2.09. The molecule has 8 nitrogen and oxygen atoms in total. The number of carbonyl (C=O) groups excluding carboxylic acids is 1. The van der Waals surface area contributed by atoms with Gasteiger partial charge in [0.05, 0.1) is 7.11 Å². The minimum Gasteiger partial charge on any atom is -0.467 e. The molecular weight excluding hydrogens is 334 g/mol. The molecule has 0 saturated heterocycles. The first-order valence-electron chi connectivity index (χ1n) is 8.22. The Morgan fingerprint density at radius 3 is 2.42 bits per heavy atom. The molecule has 0 fully saturated rings. The van der Waals surface area contributed by atoms with Crippen molar-refractivity contribution in [2.24, 2.45) is 0 Å². The van der Waals surface area contributed by atoms with Crippen LogP contribution in [0.5, 0.6) is 0 Å². The number of methoxy groups -OCH3 is 1. The Labute approximate surface area is 150 Å². The van der Waals surface area contributed by atoms with E-state index < -0.39 is 17.7 Å². The quantitative estimate of drug-likeness (QED) is 0.722. The Morgan fingerprint density at radius 2 is 1.81 bits per heavy atom. The highest BCUT2D eigenvalue weighted by Crippen LogP contribution is 2.19.